The zero-order chi connectivity index (χ0) is 29.5. The summed E-state index contributed by atoms with van der Waals surface area (Å²) in [5, 5.41) is 5.45. The number of fused-ring (bicyclic) bond motifs is 2. The van der Waals surface area contributed by atoms with Gasteiger partial charge in [-0.1, -0.05) is 113 Å². The van der Waals surface area contributed by atoms with Crippen LogP contribution in [0.1, 0.15) is 61.8 Å². The molecule has 0 heterocycles. The normalized spacial score (nSPS) is 10.7. The molecule has 0 saturated heterocycles. The maximum absolute atomic E-state index is 2.35. The first kappa shape index (κ1) is 33.7. The van der Waals surface area contributed by atoms with Crippen molar-refractivity contribution in [3.63, 3.8) is 0 Å². The van der Waals surface area contributed by atoms with E-state index in [4.69, 9.17) is 0 Å². The summed E-state index contributed by atoms with van der Waals surface area (Å²) >= 11 is 0. The monoisotopic (exact) mass is 732 g/mol. The molecule has 6 aromatic rings. The van der Waals surface area contributed by atoms with Crippen LogP contribution >= 0.6 is 0 Å². The Balaban J connectivity index is 0.000000207. The van der Waals surface area contributed by atoms with E-state index in [1.54, 1.807) is 0 Å². The van der Waals surface area contributed by atoms with Crippen LogP contribution in [0.5, 0.6) is 0 Å². The van der Waals surface area contributed by atoms with Crippen LogP contribution in [0.2, 0.25) is 13.1 Å². The molecule has 0 amide bonds. The van der Waals surface area contributed by atoms with E-state index >= 15 is 0 Å². The Morgan fingerprint density at radius 2 is 0.833 bits per heavy atom. The molecule has 0 aliphatic carbocycles. The van der Waals surface area contributed by atoms with Gasteiger partial charge in [-0.25, -0.2) is 0 Å². The van der Waals surface area contributed by atoms with Gasteiger partial charge in [0.25, 0.3) is 0 Å². The summed E-state index contributed by atoms with van der Waals surface area (Å²) in [7, 11) is 1.08. The van der Waals surface area contributed by atoms with E-state index < -0.39 is 0 Å². The molecular weight excluding hydrogens is 687 g/mol. The van der Waals surface area contributed by atoms with Gasteiger partial charge in [-0.2, -0.15) is 12.1 Å². The van der Waals surface area contributed by atoms with Crippen LogP contribution in [0.3, 0.4) is 0 Å². The molecule has 0 atom stereocenters. The third-order valence-electron chi connectivity index (χ3n) is 7.75. The van der Waals surface area contributed by atoms with E-state index in [2.05, 4.69) is 164 Å². The Morgan fingerprint density at radius 3 is 1.17 bits per heavy atom. The molecule has 0 aliphatic rings. The molecule has 42 heavy (non-hydrogen) atoms. The van der Waals surface area contributed by atoms with Gasteiger partial charge >= 0.3 is 0 Å². The van der Waals surface area contributed by atoms with Crippen molar-refractivity contribution in [1.82, 2.24) is 0 Å². The molecule has 6 aromatic carbocycles. The van der Waals surface area contributed by atoms with Crippen LogP contribution in [-0.2, 0) is 25.8 Å². The first-order valence-corrected chi connectivity index (χ1v) is 16.8. The van der Waals surface area contributed by atoms with Gasteiger partial charge in [-0.15, -0.1) is 69.1 Å². The van der Waals surface area contributed by atoms with E-state index in [1.165, 1.54) is 66.1 Å². The van der Waals surface area contributed by atoms with Gasteiger partial charge in [0.15, 0.2) is 0 Å². The summed E-state index contributed by atoms with van der Waals surface area (Å²) in [6, 6.07) is 39.8. The minimum absolute atomic E-state index is 0. The van der Waals surface area contributed by atoms with E-state index in [0.29, 0.717) is 11.8 Å². The Hall–Kier alpha value is -2.81. The molecule has 0 bridgehead atoms. The molecule has 0 aliphatic heterocycles. The Bertz CT molecular complexity index is 1590. The van der Waals surface area contributed by atoms with E-state index in [-0.39, 0.29) is 25.8 Å². The second kappa shape index (κ2) is 15.6. The third-order valence-corrected chi connectivity index (χ3v) is 7.75. The standard InChI is InChI=1S/2C19H19.C2H6Si.Hf/c2*1-13(2)16-11-15-8-6-10-18(19(15)12-16)17-9-5-4-7-14(17)3;1-3-2;/h2*4-13H,1-3H3;1-2H3;/q2*-1;;. The molecule has 0 saturated carbocycles. The second-order valence-corrected chi connectivity index (χ2v) is 12.6. The molecule has 0 spiro atoms. The van der Waals surface area contributed by atoms with Crippen LogP contribution in [-0.4, -0.2) is 9.52 Å². The molecule has 214 valence electrons. The number of aryl methyl sites for hydroxylation is 2. The van der Waals surface area contributed by atoms with Gasteiger partial charge in [-0.05, 0) is 47.9 Å². The number of hydrogen-bond acceptors (Lipinski definition) is 0. The largest absolute Gasteiger partial charge is 0.164 e. The Labute approximate surface area is 275 Å². The van der Waals surface area contributed by atoms with Gasteiger partial charge < -0.3 is 0 Å². The molecule has 0 aromatic heterocycles. The van der Waals surface area contributed by atoms with Crippen molar-refractivity contribution in [3.05, 3.63) is 131 Å². The first-order valence-electron chi connectivity index (χ1n) is 14.8. The van der Waals surface area contributed by atoms with Crippen LogP contribution in [0.4, 0.5) is 0 Å². The fraction of sp³-hybridized carbons (Fsp3) is 0.250. The summed E-state index contributed by atoms with van der Waals surface area (Å²) in [4.78, 5) is 0. The number of rotatable bonds is 4. The topological polar surface area (TPSA) is 0 Å². The fourth-order valence-corrected chi connectivity index (χ4v) is 5.40. The zero-order valence-electron chi connectivity index (χ0n) is 26.5. The minimum atomic E-state index is 0. The Morgan fingerprint density at radius 1 is 0.500 bits per heavy atom. The number of benzene rings is 4. The SMILES string of the molecule is C[Si]C.Cc1ccccc1-c1cccc2[cH-]c(C(C)C)cc12.Cc1ccccc1-c1cccc2[cH-]c(C(C)C)cc12.[Hf]. The molecule has 0 unspecified atom stereocenters. The predicted octanol–water partition coefficient (Wildman–Crippen LogP) is 12.1. The van der Waals surface area contributed by atoms with Crippen molar-refractivity contribution in [3.8, 4) is 22.3 Å². The molecule has 2 heteroatoms. The van der Waals surface area contributed by atoms with Crippen LogP contribution in [0.25, 0.3) is 43.8 Å². The maximum atomic E-state index is 2.35. The van der Waals surface area contributed by atoms with Crippen molar-refractivity contribution in [1.29, 1.82) is 0 Å². The van der Waals surface area contributed by atoms with E-state index in [9.17, 15) is 0 Å². The average molecular weight is 731 g/mol. The molecule has 0 fully saturated rings. The van der Waals surface area contributed by atoms with Gasteiger partial charge in [-0.3, -0.25) is 0 Å². The molecule has 6 rings (SSSR count). The Kier molecular flexibility index (Phi) is 12.5. The zero-order valence-corrected chi connectivity index (χ0v) is 31.1. The van der Waals surface area contributed by atoms with Crippen LogP contribution in [0, 0.1) is 13.8 Å². The van der Waals surface area contributed by atoms with Crippen molar-refractivity contribution in [2.24, 2.45) is 0 Å². The predicted molar refractivity (Wildman–Crippen MR) is 185 cm³/mol. The smallest absolute Gasteiger partial charge is 0.0307 e. The first-order chi connectivity index (χ1) is 19.7. The van der Waals surface area contributed by atoms with Crippen molar-refractivity contribution in [2.45, 2.75) is 66.5 Å². The van der Waals surface area contributed by atoms with Gasteiger partial charge in [0.1, 0.15) is 0 Å². The van der Waals surface area contributed by atoms with Crippen molar-refractivity contribution >= 4 is 31.1 Å². The molecular formula is C40H44HfSi-2. The molecule has 2 radical (unpaired) electrons. The maximum Gasteiger partial charge on any atom is 0.0307 e. The second-order valence-electron chi connectivity index (χ2n) is 11.6. The van der Waals surface area contributed by atoms with E-state index in [1.807, 2.05) is 0 Å². The third kappa shape index (κ3) is 7.77. The van der Waals surface area contributed by atoms with Crippen molar-refractivity contribution in [2.75, 3.05) is 0 Å². The number of hydrogen-bond donors (Lipinski definition) is 0. The minimum Gasteiger partial charge on any atom is -0.164 e. The van der Waals surface area contributed by atoms with Gasteiger partial charge in [0.05, 0.1) is 0 Å². The quantitative estimate of drug-likeness (QED) is 0.125. The van der Waals surface area contributed by atoms with E-state index in [0.717, 1.165) is 9.52 Å². The fourth-order valence-electron chi connectivity index (χ4n) is 5.40. The summed E-state index contributed by atoms with van der Waals surface area (Å²) in [6.07, 6.45) is 0. The van der Waals surface area contributed by atoms with Crippen LogP contribution < -0.4 is 0 Å². The summed E-state index contributed by atoms with van der Waals surface area (Å²) in [5.41, 5.74) is 10.9. The van der Waals surface area contributed by atoms with Gasteiger partial charge in [0, 0.05) is 35.4 Å². The molecule has 0 nitrogen and oxygen atoms in total. The summed E-state index contributed by atoms with van der Waals surface area (Å²) in [5.74, 6) is 1.16. The molecule has 0 N–H and O–H groups in total. The van der Waals surface area contributed by atoms with Gasteiger partial charge in [0.2, 0.25) is 0 Å². The summed E-state index contributed by atoms with van der Waals surface area (Å²) in [6.45, 7) is 17.7. The van der Waals surface area contributed by atoms with Crippen LogP contribution in [0.15, 0.2) is 109 Å². The average Bonchev–Trinajstić information content (AvgIpc) is 3.60. The summed E-state index contributed by atoms with van der Waals surface area (Å²) < 4.78 is 0. The van der Waals surface area contributed by atoms with Crippen molar-refractivity contribution < 1.29 is 25.8 Å².